The molecule has 0 radical (unpaired) electrons. The normalized spacial score (nSPS) is 11.8. The zero-order valence-electron chi connectivity index (χ0n) is 14.6. The molecule has 0 aliphatic heterocycles. The van der Waals surface area contributed by atoms with E-state index in [9.17, 15) is 9.59 Å². The van der Waals surface area contributed by atoms with Crippen LogP contribution in [-0.2, 0) is 0 Å². The second-order valence-electron chi connectivity index (χ2n) is 5.77. The van der Waals surface area contributed by atoms with Gasteiger partial charge in [-0.25, -0.2) is 9.97 Å². The van der Waals surface area contributed by atoms with E-state index < -0.39 is 0 Å². The molecule has 1 atom stereocenters. The minimum Gasteiger partial charge on any atom is -0.345 e. The second-order valence-corrected chi connectivity index (χ2v) is 7.48. The first-order valence-corrected chi connectivity index (χ1v) is 9.74. The summed E-state index contributed by atoms with van der Waals surface area (Å²) >= 11 is 2.61. The summed E-state index contributed by atoms with van der Waals surface area (Å²) in [6, 6.07) is 7.16. The Morgan fingerprint density at radius 3 is 2.12 bits per heavy atom. The van der Waals surface area contributed by atoms with Gasteiger partial charge in [0.15, 0.2) is 0 Å². The first kappa shape index (κ1) is 18.2. The smallest absolute Gasteiger partial charge is 0.267 e. The van der Waals surface area contributed by atoms with Crippen LogP contribution in [0.3, 0.4) is 0 Å². The quantitative estimate of drug-likeness (QED) is 0.695. The topological polar surface area (TPSA) is 84.0 Å². The Hall–Kier alpha value is -2.58. The third-order valence-corrected chi connectivity index (χ3v) is 5.78. The molecule has 2 amide bonds. The van der Waals surface area contributed by atoms with Crippen LogP contribution >= 0.6 is 22.7 Å². The number of carbonyl (C=O) groups excluding carboxylic acids is 2. The minimum absolute atomic E-state index is 0.170. The van der Waals surface area contributed by atoms with Gasteiger partial charge in [0.1, 0.15) is 9.75 Å². The molecular weight excluding hydrogens is 368 g/mol. The first-order chi connectivity index (χ1) is 12.5. The van der Waals surface area contributed by atoms with E-state index in [1.54, 1.807) is 17.9 Å². The van der Waals surface area contributed by atoms with E-state index in [4.69, 9.17) is 0 Å². The summed E-state index contributed by atoms with van der Waals surface area (Å²) in [7, 11) is 0. The monoisotopic (exact) mass is 386 g/mol. The summed E-state index contributed by atoms with van der Waals surface area (Å²) in [6.07, 6.45) is 0. The van der Waals surface area contributed by atoms with Gasteiger partial charge in [0.25, 0.3) is 11.8 Å². The van der Waals surface area contributed by atoms with Gasteiger partial charge in [0.05, 0.1) is 28.5 Å². The predicted octanol–water partition coefficient (Wildman–Crippen LogP) is 3.96. The molecule has 1 aromatic carbocycles. The zero-order valence-corrected chi connectivity index (χ0v) is 16.2. The Morgan fingerprint density at radius 2 is 1.54 bits per heavy atom. The van der Waals surface area contributed by atoms with E-state index in [2.05, 4.69) is 20.6 Å². The average Bonchev–Trinajstić information content (AvgIpc) is 3.23. The van der Waals surface area contributed by atoms with Gasteiger partial charge in [-0.2, -0.15) is 0 Å². The van der Waals surface area contributed by atoms with Gasteiger partial charge in [-0.3, -0.25) is 9.59 Å². The fourth-order valence-electron chi connectivity index (χ4n) is 2.55. The minimum atomic E-state index is -0.275. The van der Waals surface area contributed by atoms with Crippen LogP contribution in [-0.4, -0.2) is 21.8 Å². The molecule has 2 heterocycles. The van der Waals surface area contributed by atoms with Crippen molar-refractivity contribution in [3.63, 3.8) is 0 Å². The number of hydrogen-bond donors (Lipinski definition) is 2. The van der Waals surface area contributed by atoms with Crippen LogP contribution in [0.5, 0.6) is 0 Å². The number of hydrogen-bond acceptors (Lipinski definition) is 6. The van der Waals surface area contributed by atoms with Crippen LogP contribution in [0.1, 0.15) is 49.3 Å². The van der Waals surface area contributed by atoms with Crippen molar-refractivity contribution >= 4 is 40.2 Å². The molecule has 0 spiro atoms. The van der Waals surface area contributed by atoms with Gasteiger partial charge in [0, 0.05) is 5.69 Å². The molecule has 0 bridgehead atoms. The molecule has 0 unspecified atom stereocenters. The highest BCUT2D eigenvalue weighted by molar-refractivity contribution is 7.12. The highest BCUT2D eigenvalue weighted by Gasteiger charge is 2.19. The van der Waals surface area contributed by atoms with Crippen LogP contribution in [0, 0.1) is 13.8 Å². The Morgan fingerprint density at radius 1 is 0.962 bits per heavy atom. The van der Waals surface area contributed by atoms with Gasteiger partial charge < -0.3 is 10.6 Å². The first-order valence-electron chi connectivity index (χ1n) is 7.98. The maximum Gasteiger partial charge on any atom is 0.267 e. The van der Waals surface area contributed by atoms with Crippen molar-refractivity contribution in [2.24, 2.45) is 0 Å². The number of para-hydroxylation sites is 1. The fourth-order valence-corrected chi connectivity index (χ4v) is 3.95. The Kier molecular flexibility index (Phi) is 5.43. The largest absolute Gasteiger partial charge is 0.345 e. The molecule has 8 heteroatoms. The van der Waals surface area contributed by atoms with Crippen LogP contribution in [0.4, 0.5) is 5.69 Å². The van der Waals surface area contributed by atoms with Gasteiger partial charge in [-0.1, -0.05) is 18.2 Å². The van der Waals surface area contributed by atoms with Gasteiger partial charge in [-0.05, 0) is 32.4 Å². The Labute approximate surface area is 159 Å². The van der Waals surface area contributed by atoms with Crippen molar-refractivity contribution in [2.75, 3.05) is 5.32 Å². The lowest BCUT2D eigenvalue weighted by Crippen LogP contribution is -2.27. The summed E-state index contributed by atoms with van der Waals surface area (Å²) in [4.78, 5) is 34.3. The van der Waals surface area contributed by atoms with Crippen LogP contribution in [0.2, 0.25) is 0 Å². The molecule has 0 aliphatic rings. The lowest BCUT2D eigenvalue weighted by Gasteiger charge is -2.18. The van der Waals surface area contributed by atoms with Crippen molar-refractivity contribution in [3.8, 4) is 0 Å². The van der Waals surface area contributed by atoms with Crippen molar-refractivity contribution in [1.29, 1.82) is 0 Å². The highest BCUT2D eigenvalue weighted by Crippen LogP contribution is 2.25. The van der Waals surface area contributed by atoms with E-state index in [1.165, 1.54) is 22.7 Å². The van der Waals surface area contributed by atoms with Crippen LogP contribution < -0.4 is 10.6 Å². The Bertz CT molecular complexity index is 948. The molecule has 3 rings (SSSR count). The predicted molar refractivity (Wildman–Crippen MR) is 104 cm³/mol. The summed E-state index contributed by atoms with van der Waals surface area (Å²) in [5, 5.41) is 5.89. The molecule has 26 heavy (non-hydrogen) atoms. The van der Waals surface area contributed by atoms with Crippen molar-refractivity contribution < 1.29 is 9.59 Å². The van der Waals surface area contributed by atoms with Gasteiger partial charge in [-0.15, -0.1) is 22.7 Å². The SMILES string of the molecule is Cc1ncsc1C(=O)Nc1ccccc1[C@@H](C)NC(=O)c1scnc1C. The van der Waals surface area contributed by atoms with E-state index in [0.29, 0.717) is 26.8 Å². The van der Waals surface area contributed by atoms with Crippen LogP contribution in [0.25, 0.3) is 0 Å². The number of benzene rings is 1. The number of nitrogens with zero attached hydrogens (tertiary/aromatic N) is 2. The third kappa shape index (κ3) is 3.81. The molecule has 2 aromatic heterocycles. The fraction of sp³-hybridized carbons (Fsp3) is 0.222. The van der Waals surface area contributed by atoms with Gasteiger partial charge in [0.2, 0.25) is 0 Å². The number of carbonyl (C=O) groups is 2. The van der Waals surface area contributed by atoms with Crippen molar-refractivity contribution in [3.05, 3.63) is 62.0 Å². The highest BCUT2D eigenvalue weighted by atomic mass is 32.1. The van der Waals surface area contributed by atoms with E-state index in [1.807, 2.05) is 38.1 Å². The lowest BCUT2D eigenvalue weighted by atomic mass is 10.1. The van der Waals surface area contributed by atoms with Crippen molar-refractivity contribution in [2.45, 2.75) is 26.8 Å². The maximum atomic E-state index is 12.5. The maximum absolute atomic E-state index is 12.5. The Balaban J connectivity index is 1.78. The molecule has 6 nitrogen and oxygen atoms in total. The molecular formula is C18H18N4O2S2. The van der Waals surface area contributed by atoms with Crippen molar-refractivity contribution in [1.82, 2.24) is 15.3 Å². The summed E-state index contributed by atoms with van der Waals surface area (Å²) < 4.78 is 0. The van der Waals surface area contributed by atoms with Crippen LogP contribution in [0.15, 0.2) is 35.3 Å². The molecule has 0 aliphatic carbocycles. The van der Waals surface area contributed by atoms with E-state index >= 15 is 0 Å². The number of rotatable bonds is 5. The molecule has 0 saturated heterocycles. The average molecular weight is 387 g/mol. The molecule has 3 aromatic rings. The molecule has 0 fully saturated rings. The summed E-state index contributed by atoms with van der Waals surface area (Å²) in [5.74, 6) is -0.369. The number of amides is 2. The lowest BCUT2D eigenvalue weighted by molar-refractivity contribution is 0.0943. The molecule has 0 saturated carbocycles. The third-order valence-electron chi connectivity index (χ3n) is 3.93. The molecule has 134 valence electrons. The number of anilines is 1. The summed E-state index contributed by atoms with van der Waals surface area (Å²) in [5.41, 5.74) is 6.21. The summed E-state index contributed by atoms with van der Waals surface area (Å²) in [6.45, 7) is 5.50. The number of aromatic nitrogens is 2. The number of thiazole rings is 2. The van der Waals surface area contributed by atoms with E-state index in [0.717, 1.165) is 5.56 Å². The van der Waals surface area contributed by atoms with E-state index in [-0.39, 0.29) is 17.9 Å². The number of aryl methyl sites for hydroxylation is 2. The standard InChI is InChI=1S/C18H18N4O2S2/c1-10(21-17(23)15-11(2)19-8-25-15)13-6-4-5-7-14(13)22-18(24)16-12(3)20-9-26-16/h4-10H,1-3H3,(H,21,23)(H,22,24)/t10-/m1/s1. The zero-order chi connectivity index (χ0) is 18.7. The second kappa shape index (κ2) is 7.76. The molecule has 2 N–H and O–H groups in total. The van der Waals surface area contributed by atoms with Gasteiger partial charge >= 0.3 is 0 Å². The number of nitrogens with one attached hydrogen (secondary N) is 2.